The summed E-state index contributed by atoms with van der Waals surface area (Å²) in [6, 6.07) is 15.6. The number of pyridine rings is 1. The van der Waals surface area contributed by atoms with Crippen molar-refractivity contribution in [2.45, 2.75) is 19.4 Å². The average molecular weight is 363 g/mol. The van der Waals surface area contributed by atoms with Crippen molar-refractivity contribution >= 4 is 5.97 Å². The van der Waals surface area contributed by atoms with Gasteiger partial charge in [0.05, 0.1) is 13.7 Å². The van der Waals surface area contributed by atoms with Crippen LogP contribution in [0.3, 0.4) is 0 Å². The summed E-state index contributed by atoms with van der Waals surface area (Å²) in [5.41, 5.74) is 5.37. The molecule has 3 rings (SSSR count). The fourth-order valence-corrected chi connectivity index (χ4v) is 3.20. The van der Waals surface area contributed by atoms with Crippen LogP contribution in [0.15, 0.2) is 60.9 Å². The number of aliphatic hydroxyl groups excluding tert-OH is 1. The summed E-state index contributed by atoms with van der Waals surface area (Å²) in [6.45, 7) is -0.209. The first-order valence-electron chi connectivity index (χ1n) is 8.66. The number of ether oxygens (including phenoxy) is 1. The zero-order valence-corrected chi connectivity index (χ0v) is 15.1. The lowest BCUT2D eigenvalue weighted by Gasteiger charge is -2.17. The largest absolute Gasteiger partial charge is 0.496 e. The Bertz CT molecular complexity index is 921. The van der Waals surface area contributed by atoms with Crippen LogP contribution in [0.1, 0.15) is 17.5 Å². The number of benzene rings is 2. The molecular weight excluding hydrogens is 342 g/mol. The van der Waals surface area contributed by atoms with E-state index in [2.05, 4.69) is 4.98 Å². The van der Waals surface area contributed by atoms with Crippen molar-refractivity contribution in [3.63, 3.8) is 0 Å². The molecule has 0 aliphatic rings. The van der Waals surface area contributed by atoms with Gasteiger partial charge in [0.1, 0.15) is 5.75 Å². The van der Waals surface area contributed by atoms with Crippen LogP contribution >= 0.6 is 0 Å². The lowest BCUT2D eigenvalue weighted by Crippen LogP contribution is -2.05. The zero-order chi connectivity index (χ0) is 19.2. The number of methoxy groups -OCH3 is 1. The molecule has 5 heteroatoms. The minimum Gasteiger partial charge on any atom is -0.496 e. The highest BCUT2D eigenvalue weighted by molar-refractivity contribution is 5.75. The Morgan fingerprint density at radius 2 is 1.74 bits per heavy atom. The van der Waals surface area contributed by atoms with E-state index in [-0.39, 0.29) is 13.0 Å². The van der Waals surface area contributed by atoms with Crippen LogP contribution in [-0.2, 0) is 17.8 Å². The van der Waals surface area contributed by atoms with Gasteiger partial charge in [-0.05, 0) is 46.4 Å². The molecule has 138 valence electrons. The highest BCUT2D eigenvalue weighted by Gasteiger charge is 2.16. The summed E-state index contributed by atoms with van der Waals surface area (Å²) in [5, 5.41) is 18.9. The van der Waals surface area contributed by atoms with E-state index >= 15 is 0 Å². The van der Waals surface area contributed by atoms with Crippen LogP contribution in [0.25, 0.3) is 22.3 Å². The number of rotatable bonds is 7. The van der Waals surface area contributed by atoms with Crippen molar-refractivity contribution < 1.29 is 19.7 Å². The number of aliphatic hydroxyl groups is 1. The smallest absolute Gasteiger partial charge is 0.303 e. The lowest BCUT2D eigenvalue weighted by molar-refractivity contribution is -0.136. The van der Waals surface area contributed by atoms with Crippen LogP contribution in [0.5, 0.6) is 5.75 Å². The Kier molecular flexibility index (Phi) is 5.84. The van der Waals surface area contributed by atoms with Gasteiger partial charge >= 0.3 is 5.97 Å². The van der Waals surface area contributed by atoms with Crippen LogP contribution in [0, 0.1) is 0 Å². The molecule has 0 bridgehead atoms. The highest BCUT2D eigenvalue weighted by Crippen LogP contribution is 2.34. The van der Waals surface area contributed by atoms with Gasteiger partial charge in [-0.15, -0.1) is 0 Å². The third kappa shape index (κ3) is 4.15. The Hall–Kier alpha value is -3.18. The van der Waals surface area contributed by atoms with Gasteiger partial charge in [0.25, 0.3) is 0 Å². The fourth-order valence-electron chi connectivity index (χ4n) is 3.20. The van der Waals surface area contributed by atoms with E-state index in [0.29, 0.717) is 17.7 Å². The van der Waals surface area contributed by atoms with Gasteiger partial charge in [-0.3, -0.25) is 9.78 Å². The zero-order valence-electron chi connectivity index (χ0n) is 15.1. The van der Waals surface area contributed by atoms with E-state index in [9.17, 15) is 9.90 Å². The van der Waals surface area contributed by atoms with Crippen molar-refractivity contribution in [3.8, 4) is 28.0 Å². The Morgan fingerprint density at radius 1 is 1.00 bits per heavy atom. The molecule has 3 aromatic rings. The molecule has 2 N–H and O–H groups in total. The molecule has 0 saturated heterocycles. The van der Waals surface area contributed by atoms with Gasteiger partial charge < -0.3 is 14.9 Å². The SMILES string of the molecule is COc1ccc(-c2ccc(-c3cccnc3)cc2)c(CCC(=O)O)c1CO. The van der Waals surface area contributed by atoms with Crippen LogP contribution in [0.4, 0.5) is 0 Å². The number of aliphatic carboxylic acids is 1. The predicted molar refractivity (Wildman–Crippen MR) is 104 cm³/mol. The van der Waals surface area contributed by atoms with Gasteiger partial charge in [0, 0.05) is 24.4 Å². The quantitative estimate of drug-likeness (QED) is 0.665. The molecule has 0 radical (unpaired) electrons. The van der Waals surface area contributed by atoms with Crippen molar-refractivity contribution in [1.29, 1.82) is 0 Å². The second-order valence-corrected chi connectivity index (χ2v) is 6.14. The van der Waals surface area contributed by atoms with Gasteiger partial charge in [0.15, 0.2) is 0 Å². The molecule has 27 heavy (non-hydrogen) atoms. The minimum atomic E-state index is -0.875. The number of carboxylic acid groups (broad SMARTS) is 1. The highest BCUT2D eigenvalue weighted by atomic mass is 16.5. The summed E-state index contributed by atoms with van der Waals surface area (Å²) in [4.78, 5) is 15.2. The molecule has 5 nitrogen and oxygen atoms in total. The number of aromatic nitrogens is 1. The van der Waals surface area contributed by atoms with Crippen LogP contribution < -0.4 is 4.74 Å². The first-order valence-corrected chi connectivity index (χ1v) is 8.66. The van der Waals surface area contributed by atoms with Crippen molar-refractivity contribution in [1.82, 2.24) is 4.98 Å². The number of nitrogens with zero attached hydrogens (tertiary/aromatic N) is 1. The van der Waals surface area contributed by atoms with Gasteiger partial charge in [-0.2, -0.15) is 0 Å². The first-order chi connectivity index (χ1) is 13.1. The molecule has 2 aromatic carbocycles. The standard InChI is InChI=1S/C22H21NO4/c1-27-21-10-8-18(19(20(21)14-24)9-11-22(25)26)16-6-4-15(5-7-16)17-3-2-12-23-13-17/h2-8,10,12-13,24H,9,11,14H2,1H3,(H,25,26). The van der Waals surface area contributed by atoms with E-state index in [1.165, 1.54) is 7.11 Å². The molecule has 1 heterocycles. The van der Waals surface area contributed by atoms with E-state index in [1.54, 1.807) is 12.3 Å². The van der Waals surface area contributed by atoms with E-state index in [4.69, 9.17) is 9.84 Å². The van der Waals surface area contributed by atoms with E-state index in [1.807, 2.05) is 48.7 Å². The van der Waals surface area contributed by atoms with E-state index in [0.717, 1.165) is 27.8 Å². The molecule has 0 amide bonds. The second kappa shape index (κ2) is 8.47. The van der Waals surface area contributed by atoms with Crippen LogP contribution in [-0.4, -0.2) is 28.3 Å². The number of carbonyl (C=O) groups is 1. The van der Waals surface area contributed by atoms with Crippen molar-refractivity contribution in [3.05, 3.63) is 72.1 Å². The molecule has 0 aliphatic carbocycles. The molecule has 0 atom stereocenters. The molecule has 0 unspecified atom stereocenters. The minimum absolute atomic E-state index is 0.0130. The summed E-state index contributed by atoms with van der Waals surface area (Å²) in [6.07, 6.45) is 3.86. The summed E-state index contributed by atoms with van der Waals surface area (Å²) in [7, 11) is 1.54. The molecular formula is C22H21NO4. The summed E-state index contributed by atoms with van der Waals surface area (Å²) >= 11 is 0. The summed E-state index contributed by atoms with van der Waals surface area (Å²) in [5.74, 6) is -0.312. The summed E-state index contributed by atoms with van der Waals surface area (Å²) < 4.78 is 5.34. The maximum atomic E-state index is 11.1. The topological polar surface area (TPSA) is 79.7 Å². The van der Waals surface area contributed by atoms with Crippen molar-refractivity contribution in [2.24, 2.45) is 0 Å². The predicted octanol–water partition coefficient (Wildman–Crippen LogP) is 3.93. The van der Waals surface area contributed by atoms with Gasteiger partial charge in [0.2, 0.25) is 0 Å². The molecule has 0 saturated carbocycles. The Morgan fingerprint density at radius 3 is 2.33 bits per heavy atom. The van der Waals surface area contributed by atoms with Gasteiger partial charge in [-0.1, -0.05) is 36.4 Å². The monoisotopic (exact) mass is 363 g/mol. The maximum Gasteiger partial charge on any atom is 0.303 e. The van der Waals surface area contributed by atoms with Crippen LogP contribution in [0.2, 0.25) is 0 Å². The third-order valence-corrected chi connectivity index (χ3v) is 4.55. The van der Waals surface area contributed by atoms with Crippen molar-refractivity contribution in [2.75, 3.05) is 7.11 Å². The second-order valence-electron chi connectivity index (χ2n) is 6.14. The molecule has 0 fully saturated rings. The Balaban J connectivity index is 2.03. The van der Waals surface area contributed by atoms with E-state index < -0.39 is 5.97 Å². The third-order valence-electron chi connectivity index (χ3n) is 4.55. The lowest BCUT2D eigenvalue weighted by atomic mass is 9.91. The number of hydrogen-bond acceptors (Lipinski definition) is 4. The normalized spacial score (nSPS) is 10.6. The molecule has 0 spiro atoms. The Labute approximate surface area is 157 Å². The average Bonchev–Trinajstić information content (AvgIpc) is 2.72. The number of carboxylic acids is 1. The molecule has 1 aromatic heterocycles. The maximum absolute atomic E-state index is 11.1. The fraction of sp³-hybridized carbons (Fsp3) is 0.182. The molecule has 0 aliphatic heterocycles. The number of hydrogen-bond donors (Lipinski definition) is 2. The first kappa shape index (κ1) is 18.6. The van der Waals surface area contributed by atoms with Gasteiger partial charge in [-0.25, -0.2) is 0 Å².